The van der Waals surface area contributed by atoms with E-state index in [0.29, 0.717) is 24.3 Å². The molecule has 0 saturated carbocycles. The monoisotopic (exact) mass is 379 g/mol. The fourth-order valence-electron chi connectivity index (χ4n) is 3.71. The first-order valence-electron chi connectivity index (χ1n) is 9.20. The van der Waals surface area contributed by atoms with Crippen LogP contribution in [0.2, 0.25) is 0 Å². The molecule has 2 heterocycles. The molecule has 8 heteroatoms. The second-order valence-corrected chi connectivity index (χ2v) is 7.10. The number of rotatable bonds is 4. The molecule has 8 nitrogen and oxygen atoms in total. The summed E-state index contributed by atoms with van der Waals surface area (Å²) in [5, 5.41) is 11.8. The van der Waals surface area contributed by atoms with Crippen molar-refractivity contribution in [3.8, 4) is 0 Å². The second-order valence-electron chi connectivity index (χ2n) is 7.10. The molecule has 0 bridgehead atoms. The number of anilines is 1. The molecule has 3 aromatic rings. The van der Waals surface area contributed by atoms with E-state index in [9.17, 15) is 14.9 Å². The zero-order chi connectivity index (χ0) is 19.7. The molecule has 1 fully saturated rings. The fourth-order valence-corrected chi connectivity index (χ4v) is 3.71. The van der Waals surface area contributed by atoms with E-state index in [-0.39, 0.29) is 16.6 Å². The first-order chi connectivity index (χ1) is 13.5. The Morgan fingerprint density at radius 3 is 2.68 bits per heavy atom. The molecule has 0 atom stereocenters. The summed E-state index contributed by atoms with van der Waals surface area (Å²) in [6.45, 7) is 5.94. The van der Waals surface area contributed by atoms with Gasteiger partial charge in [-0.1, -0.05) is 29.8 Å². The fraction of sp³-hybridized carbons (Fsp3) is 0.300. The average molecular weight is 379 g/mol. The Morgan fingerprint density at radius 1 is 1.18 bits per heavy atom. The summed E-state index contributed by atoms with van der Waals surface area (Å²) in [5.41, 5.74) is 3.07. The van der Waals surface area contributed by atoms with Gasteiger partial charge in [0.15, 0.2) is 0 Å². The third-order valence-electron chi connectivity index (χ3n) is 5.14. The lowest BCUT2D eigenvalue weighted by Gasteiger charge is -2.35. The van der Waals surface area contributed by atoms with Gasteiger partial charge in [0.1, 0.15) is 5.69 Å². The van der Waals surface area contributed by atoms with Gasteiger partial charge in [-0.2, -0.15) is 0 Å². The van der Waals surface area contributed by atoms with Gasteiger partial charge in [0.2, 0.25) is 0 Å². The van der Waals surface area contributed by atoms with Gasteiger partial charge in [-0.25, -0.2) is 4.98 Å². The van der Waals surface area contributed by atoms with Gasteiger partial charge in [-0.15, -0.1) is 0 Å². The highest BCUT2D eigenvalue weighted by Gasteiger charge is 2.25. The Hall–Kier alpha value is -3.26. The number of aryl methyl sites for hydroxylation is 1. The van der Waals surface area contributed by atoms with Crippen molar-refractivity contribution < 1.29 is 4.92 Å². The number of piperazine rings is 1. The highest BCUT2D eigenvalue weighted by molar-refractivity contribution is 5.87. The number of nitro benzene ring substituents is 1. The average Bonchev–Trinajstić information content (AvgIpc) is 2.68. The number of aromatic amines is 1. The maximum Gasteiger partial charge on any atom is 0.293 e. The minimum atomic E-state index is -0.430. The number of fused-ring (bicyclic) bond motifs is 1. The predicted molar refractivity (Wildman–Crippen MR) is 108 cm³/mol. The number of H-pyrrole nitrogens is 1. The Balaban J connectivity index is 1.55. The molecule has 2 aromatic carbocycles. The standard InChI is InChI=1S/C20H21N5O3/c1-14-3-2-4-15(9-14)12-23-5-7-24(8-6-23)18-11-17-16(10-19(18)25(27)28)20(26)22-13-21-17/h2-4,9-11,13H,5-8,12H2,1H3,(H,21,22,26). The third kappa shape index (κ3) is 3.59. The summed E-state index contributed by atoms with van der Waals surface area (Å²) in [6, 6.07) is 11.4. The molecule has 1 aliphatic heterocycles. The SMILES string of the molecule is Cc1cccc(CN2CCN(c3cc4nc[nH]c(=O)c4cc3[N+](=O)[O-])CC2)c1. The lowest BCUT2D eigenvalue weighted by atomic mass is 10.1. The van der Waals surface area contributed by atoms with Crippen molar-refractivity contribution >= 4 is 22.3 Å². The van der Waals surface area contributed by atoms with Crippen LogP contribution in [0.5, 0.6) is 0 Å². The summed E-state index contributed by atoms with van der Waals surface area (Å²) in [6.07, 6.45) is 1.32. The molecule has 28 heavy (non-hydrogen) atoms. The first kappa shape index (κ1) is 18.1. The molecule has 4 rings (SSSR count). The number of hydrogen-bond donors (Lipinski definition) is 1. The van der Waals surface area contributed by atoms with Crippen LogP contribution in [0, 0.1) is 17.0 Å². The third-order valence-corrected chi connectivity index (χ3v) is 5.14. The number of benzene rings is 2. The molecular weight excluding hydrogens is 358 g/mol. The zero-order valence-corrected chi connectivity index (χ0v) is 15.6. The molecule has 1 N–H and O–H groups in total. The molecule has 1 aromatic heterocycles. The Kier molecular flexibility index (Phi) is 4.79. The van der Waals surface area contributed by atoms with Crippen molar-refractivity contribution in [3.63, 3.8) is 0 Å². The molecule has 1 aliphatic rings. The minimum absolute atomic E-state index is 0.0573. The summed E-state index contributed by atoms with van der Waals surface area (Å²) >= 11 is 0. The van der Waals surface area contributed by atoms with E-state index in [0.717, 1.165) is 19.6 Å². The lowest BCUT2D eigenvalue weighted by Crippen LogP contribution is -2.46. The normalized spacial score (nSPS) is 15.1. The minimum Gasteiger partial charge on any atom is -0.363 e. The van der Waals surface area contributed by atoms with Crippen LogP contribution in [0.25, 0.3) is 10.9 Å². The summed E-state index contributed by atoms with van der Waals surface area (Å²) < 4.78 is 0. The highest BCUT2D eigenvalue weighted by Crippen LogP contribution is 2.32. The summed E-state index contributed by atoms with van der Waals surface area (Å²) in [5.74, 6) is 0. The topological polar surface area (TPSA) is 95.4 Å². The lowest BCUT2D eigenvalue weighted by molar-refractivity contribution is -0.384. The van der Waals surface area contributed by atoms with Crippen molar-refractivity contribution in [3.05, 3.63) is 74.3 Å². The van der Waals surface area contributed by atoms with Gasteiger partial charge in [0.25, 0.3) is 11.2 Å². The number of nitrogens with one attached hydrogen (secondary N) is 1. The maximum atomic E-state index is 11.9. The van der Waals surface area contributed by atoms with E-state index in [1.54, 1.807) is 6.07 Å². The van der Waals surface area contributed by atoms with Crippen LogP contribution < -0.4 is 10.5 Å². The maximum absolute atomic E-state index is 11.9. The van der Waals surface area contributed by atoms with Crippen molar-refractivity contribution in [2.24, 2.45) is 0 Å². The van der Waals surface area contributed by atoms with Crippen LogP contribution >= 0.6 is 0 Å². The second kappa shape index (κ2) is 7.40. The van der Waals surface area contributed by atoms with Crippen LogP contribution in [0.3, 0.4) is 0 Å². The van der Waals surface area contributed by atoms with Gasteiger partial charge in [-0.3, -0.25) is 19.8 Å². The van der Waals surface area contributed by atoms with Crippen LogP contribution in [-0.2, 0) is 6.54 Å². The van der Waals surface area contributed by atoms with E-state index in [1.807, 2.05) is 4.90 Å². The molecule has 0 unspecified atom stereocenters. The van der Waals surface area contributed by atoms with Crippen LogP contribution in [0.15, 0.2) is 47.5 Å². The number of aromatic nitrogens is 2. The van der Waals surface area contributed by atoms with Crippen molar-refractivity contribution in [1.29, 1.82) is 0 Å². The van der Waals surface area contributed by atoms with Crippen LogP contribution in [-0.4, -0.2) is 46.0 Å². The van der Waals surface area contributed by atoms with Gasteiger partial charge in [-0.05, 0) is 18.6 Å². The van der Waals surface area contributed by atoms with Gasteiger partial charge < -0.3 is 9.88 Å². The molecular formula is C20H21N5O3. The van der Waals surface area contributed by atoms with E-state index in [2.05, 4.69) is 46.1 Å². The first-order valence-corrected chi connectivity index (χ1v) is 9.20. The highest BCUT2D eigenvalue weighted by atomic mass is 16.6. The van der Waals surface area contributed by atoms with Gasteiger partial charge >= 0.3 is 0 Å². The Bertz CT molecular complexity index is 1090. The predicted octanol–water partition coefficient (Wildman–Crippen LogP) is 2.46. The molecule has 0 spiro atoms. The van der Waals surface area contributed by atoms with Crippen molar-refractivity contribution in [1.82, 2.24) is 14.9 Å². The number of nitro groups is 1. The van der Waals surface area contributed by atoms with Crippen molar-refractivity contribution in [2.45, 2.75) is 13.5 Å². The zero-order valence-electron chi connectivity index (χ0n) is 15.6. The molecule has 0 amide bonds. The molecule has 1 saturated heterocycles. The number of hydrogen-bond acceptors (Lipinski definition) is 6. The van der Waals surface area contributed by atoms with Crippen LogP contribution in [0.1, 0.15) is 11.1 Å². The van der Waals surface area contributed by atoms with E-state index >= 15 is 0 Å². The summed E-state index contributed by atoms with van der Waals surface area (Å²) in [7, 11) is 0. The number of nitrogens with zero attached hydrogens (tertiary/aromatic N) is 4. The molecule has 144 valence electrons. The van der Waals surface area contributed by atoms with Gasteiger partial charge in [0.05, 0.1) is 22.2 Å². The Labute approximate surface area is 161 Å². The quantitative estimate of drug-likeness (QED) is 0.553. The van der Waals surface area contributed by atoms with Gasteiger partial charge in [0, 0.05) is 38.8 Å². The summed E-state index contributed by atoms with van der Waals surface area (Å²) in [4.78, 5) is 34.1. The van der Waals surface area contributed by atoms with Crippen molar-refractivity contribution in [2.75, 3.05) is 31.1 Å². The van der Waals surface area contributed by atoms with E-state index < -0.39 is 4.92 Å². The Morgan fingerprint density at radius 2 is 1.96 bits per heavy atom. The van der Waals surface area contributed by atoms with E-state index in [1.165, 1.54) is 23.5 Å². The molecule has 0 radical (unpaired) electrons. The largest absolute Gasteiger partial charge is 0.363 e. The smallest absolute Gasteiger partial charge is 0.293 e. The van der Waals surface area contributed by atoms with E-state index in [4.69, 9.17) is 0 Å². The van der Waals surface area contributed by atoms with Crippen LogP contribution in [0.4, 0.5) is 11.4 Å². The molecule has 0 aliphatic carbocycles.